The Balaban J connectivity index is 2.19. The van der Waals surface area contributed by atoms with Crippen molar-refractivity contribution in [1.29, 1.82) is 5.26 Å². The highest BCUT2D eigenvalue weighted by molar-refractivity contribution is 5.21. The summed E-state index contributed by atoms with van der Waals surface area (Å²) in [5.41, 5.74) is 0.897. The van der Waals surface area contributed by atoms with Crippen LogP contribution in [0.5, 0.6) is 0 Å². The van der Waals surface area contributed by atoms with Crippen LogP contribution >= 0.6 is 0 Å². The molecule has 1 saturated heterocycles. The fraction of sp³-hybridized carbons (Fsp3) is 0.462. The summed E-state index contributed by atoms with van der Waals surface area (Å²) < 4.78 is 13.2. The van der Waals surface area contributed by atoms with E-state index in [2.05, 4.69) is 16.3 Å². The third-order valence-electron chi connectivity index (χ3n) is 3.11. The van der Waals surface area contributed by atoms with Crippen molar-refractivity contribution in [3.05, 3.63) is 35.6 Å². The second-order valence-corrected chi connectivity index (χ2v) is 4.22. The van der Waals surface area contributed by atoms with E-state index in [1.165, 1.54) is 12.1 Å². The normalized spacial score (nSPS) is 18.6. The number of nitrogens with zero attached hydrogens (tertiary/aromatic N) is 2. The van der Waals surface area contributed by atoms with Crippen molar-refractivity contribution in [3.63, 3.8) is 0 Å². The second kappa shape index (κ2) is 5.76. The molecule has 17 heavy (non-hydrogen) atoms. The van der Waals surface area contributed by atoms with Crippen LogP contribution in [-0.4, -0.2) is 31.1 Å². The first-order valence-electron chi connectivity index (χ1n) is 5.88. The lowest BCUT2D eigenvalue weighted by atomic mass is 10.0. The Hall–Kier alpha value is -1.44. The lowest BCUT2D eigenvalue weighted by Crippen LogP contribution is -2.45. The molecule has 1 heterocycles. The molecule has 0 bridgehead atoms. The number of rotatable bonds is 3. The van der Waals surface area contributed by atoms with Crippen LogP contribution in [0.3, 0.4) is 0 Å². The molecule has 0 aliphatic carbocycles. The molecule has 0 radical (unpaired) electrons. The van der Waals surface area contributed by atoms with Crippen LogP contribution < -0.4 is 5.32 Å². The van der Waals surface area contributed by atoms with E-state index in [4.69, 9.17) is 5.26 Å². The van der Waals surface area contributed by atoms with Gasteiger partial charge >= 0.3 is 0 Å². The van der Waals surface area contributed by atoms with E-state index in [1.54, 1.807) is 6.07 Å². The zero-order valence-electron chi connectivity index (χ0n) is 9.69. The molecule has 1 aromatic carbocycles. The van der Waals surface area contributed by atoms with Gasteiger partial charge in [-0.3, -0.25) is 4.90 Å². The molecule has 0 saturated carbocycles. The summed E-state index contributed by atoms with van der Waals surface area (Å²) in [7, 11) is 0. The van der Waals surface area contributed by atoms with Crippen molar-refractivity contribution >= 4 is 0 Å². The van der Waals surface area contributed by atoms with Crippen LogP contribution in [0.15, 0.2) is 24.3 Å². The summed E-state index contributed by atoms with van der Waals surface area (Å²) in [5.74, 6) is -0.236. The van der Waals surface area contributed by atoms with E-state index in [-0.39, 0.29) is 11.9 Å². The molecule has 1 aromatic rings. The third-order valence-corrected chi connectivity index (χ3v) is 3.11. The van der Waals surface area contributed by atoms with Crippen molar-refractivity contribution in [2.75, 3.05) is 26.2 Å². The van der Waals surface area contributed by atoms with Crippen LogP contribution in [-0.2, 0) is 0 Å². The molecule has 1 atom stereocenters. The van der Waals surface area contributed by atoms with Gasteiger partial charge in [0.25, 0.3) is 0 Å². The number of nitriles is 1. The molecule has 0 aromatic heterocycles. The SMILES string of the molecule is N#CC[C@@H](c1cccc(F)c1)N1CCNCC1. The highest BCUT2D eigenvalue weighted by Crippen LogP contribution is 2.24. The molecule has 1 fully saturated rings. The minimum Gasteiger partial charge on any atom is -0.314 e. The fourth-order valence-corrected chi connectivity index (χ4v) is 2.25. The molecule has 1 aliphatic rings. The van der Waals surface area contributed by atoms with Crippen LogP contribution in [0.2, 0.25) is 0 Å². The van der Waals surface area contributed by atoms with Gasteiger partial charge in [0.2, 0.25) is 0 Å². The van der Waals surface area contributed by atoms with Crippen LogP contribution in [0.4, 0.5) is 4.39 Å². The molecule has 1 aliphatic heterocycles. The summed E-state index contributed by atoms with van der Waals surface area (Å²) in [5, 5.41) is 12.2. The second-order valence-electron chi connectivity index (χ2n) is 4.22. The third kappa shape index (κ3) is 3.02. The Morgan fingerprint density at radius 2 is 2.18 bits per heavy atom. The number of hydrogen-bond acceptors (Lipinski definition) is 3. The topological polar surface area (TPSA) is 39.1 Å². The van der Waals surface area contributed by atoms with E-state index < -0.39 is 0 Å². The van der Waals surface area contributed by atoms with Crippen LogP contribution in [0.25, 0.3) is 0 Å². The summed E-state index contributed by atoms with van der Waals surface area (Å²) in [6, 6.07) is 8.78. The van der Waals surface area contributed by atoms with Gasteiger partial charge in [0.15, 0.2) is 0 Å². The first-order valence-corrected chi connectivity index (χ1v) is 5.88. The van der Waals surface area contributed by atoms with Crippen molar-refractivity contribution in [2.24, 2.45) is 0 Å². The Kier molecular flexibility index (Phi) is 4.08. The van der Waals surface area contributed by atoms with E-state index in [0.29, 0.717) is 6.42 Å². The molecule has 1 N–H and O–H groups in total. The molecule has 0 amide bonds. The number of piperazine rings is 1. The van der Waals surface area contributed by atoms with Crippen molar-refractivity contribution in [1.82, 2.24) is 10.2 Å². The Bertz CT molecular complexity index is 407. The first-order chi connectivity index (χ1) is 8.31. The van der Waals surface area contributed by atoms with Gasteiger partial charge in [0.05, 0.1) is 12.5 Å². The lowest BCUT2D eigenvalue weighted by Gasteiger charge is -2.34. The number of nitrogens with one attached hydrogen (secondary N) is 1. The predicted molar refractivity (Wildman–Crippen MR) is 63.8 cm³/mol. The van der Waals surface area contributed by atoms with E-state index in [1.807, 2.05) is 6.07 Å². The van der Waals surface area contributed by atoms with Gasteiger partial charge in [-0.25, -0.2) is 4.39 Å². The van der Waals surface area contributed by atoms with E-state index in [0.717, 1.165) is 31.7 Å². The maximum Gasteiger partial charge on any atom is 0.123 e. The zero-order valence-corrected chi connectivity index (χ0v) is 9.69. The molecule has 90 valence electrons. The molecular formula is C13H16FN3. The van der Waals surface area contributed by atoms with Gasteiger partial charge in [-0.05, 0) is 17.7 Å². The summed E-state index contributed by atoms with van der Waals surface area (Å²) in [6.45, 7) is 3.67. The van der Waals surface area contributed by atoms with Crippen LogP contribution in [0, 0.1) is 17.1 Å². The molecule has 0 unspecified atom stereocenters. The predicted octanol–water partition coefficient (Wildman–Crippen LogP) is 1.69. The monoisotopic (exact) mass is 233 g/mol. The van der Waals surface area contributed by atoms with Crippen molar-refractivity contribution in [2.45, 2.75) is 12.5 Å². The largest absolute Gasteiger partial charge is 0.314 e. The Labute approximate surface area is 101 Å². The standard InChI is InChI=1S/C13H16FN3/c14-12-3-1-2-11(10-12)13(4-5-15)17-8-6-16-7-9-17/h1-3,10,13,16H,4,6-9H2/t13-/m0/s1. The molecule has 0 spiro atoms. The molecule has 2 rings (SSSR count). The smallest absolute Gasteiger partial charge is 0.123 e. The number of hydrogen-bond donors (Lipinski definition) is 1. The van der Waals surface area contributed by atoms with Crippen molar-refractivity contribution < 1.29 is 4.39 Å². The summed E-state index contributed by atoms with van der Waals surface area (Å²) >= 11 is 0. The van der Waals surface area contributed by atoms with Gasteiger partial charge in [-0.2, -0.15) is 5.26 Å². The van der Waals surface area contributed by atoms with E-state index in [9.17, 15) is 4.39 Å². The average Bonchev–Trinajstić information content (AvgIpc) is 2.37. The minimum absolute atomic E-state index is 0.0119. The van der Waals surface area contributed by atoms with Crippen LogP contribution in [0.1, 0.15) is 18.0 Å². The maximum absolute atomic E-state index is 13.2. The van der Waals surface area contributed by atoms with Gasteiger partial charge in [0, 0.05) is 32.2 Å². The average molecular weight is 233 g/mol. The van der Waals surface area contributed by atoms with Gasteiger partial charge in [0.1, 0.15) is 5.82 Å². The van der Waals surface area contributed by atoms with Gasteiger partial charge in [-0.1, -0.05) is 12.1 Å². The summed E-state index contributed by atoms with van der Waals surface area (Å²) in [4.78, 5) is 2.24. The summed E-state index contributed by atoms with van der Waals surface area (Å²) in [6.07, 6.45) is 0.406. The Morgan fingerprint density at radius 1 is 1.41 bits per heavy atom. The number of benzene rings is 1. The molecule has 4 heteroatoms. The maximum atomic E-state index is 13.2. The minimum atomic E-state index is -0.236. The Morgan fingerprint density at radius 3 is 2.82 bits per heavy atom. The quantitative estimate of drug-likeness (QED) is 0.863. The van der Waals surface area contributed by atoms with Gasteiger partial charge < -0.3 is 5.32 Å². The van der Waals surface area contributed by atoms with Gasteiger partial charge in [-0.15, -0.1) is 0 Å². The number of halogens is 1. The first kappa shape index (κ1) is 12.0. The zero-order chi connectivity index (χ0) is 12.1. The highest BCUT2D eigenvalue weighted by Gasteiger charge is 2.21. The lowest BCUT2D eigenvalue weighted by molar-refractivity contribution is 0.175. The fourth-order valence-electron chi connectivity index (χ4n) is 2.25. The van der Waals surface area contributed by atoms with Crippen molar-refractivity contribution in [3.8, 4) is 6.07 Å². The van der Waals surface area contributed by atoms with E-state index >= 15 is 0 Å². The molecular weight excluding hydrogens is 217 g/mol. The highest BCUT2D eigenvalue weighted by atomic mass is 19.1. The molecule has 3 nitrogen and oxygen atoms in total.